The molecule has 1 aliphatic carbocycles. The highest BCUT2D eigenvalue weighted by molar-refractivity contribution is 7.12. The maximum atomic E-state index is 13.4. The van der Waals surface area contributed by atoms with Gasteiger partial charge in [0.05, 0.1) is 16.9 Å². The first-order chi connectivity index (χ1) is 16.1. The molecule has 0 unspecified atom stereocenters. The number of amides is 4. The first kappa shape index (κ1) is 19.9. The van der Waals surface area contributed by atoms with E-state index >= 15 is 0 Å². The summed E-state index contributed by atoms with van der Waals surface area (Å²) in [5.74, 6) is -0.214. The Labute approximate surface area is 193 Å². The smallest absolute Gasteiger partial charge is 0.325 e. The Morgan fingerprint density at radius 2 is 2.06 bits per heavy atom. The normalized spacial score (nSPS) is 23.9. The van der Waals surface area contributed by atoms with Crippen LogP contribution in [0.15, 0.2) is 69.7 Å². The van der Waals surface area contributed by atoms with E-state index in [1.165, 1.54) is 5.01 Å². The minimum absolute atomic E-state index is 0.382. The molecule has 2 atom stereocenters. The molecule has 6 rings (SSSR count). The molecular formula is C24H20N4O4S. The molecule has 2 aliphatic heterocycles. The number of imide groups is 1. The summed E-state index contributed by atoms with van der Waals surface area (Å²) in [6.45, 7) is -0.382. The number of carbonyl (C=O) groups excluding carboxylic acids is 3. The third kappa shape index (κ3) is 3.03. The summed E-state index contributed by atoms with van der Waals surface area (Å²) >= 11 is 1.55. The summed E-state index contributed by atoms with van der Waals surface area (Å²) in [6.07, 6.45) is 3.24. The molecule has 1 saturated heterocycles. The highest BCUT2D eigenvalue weighted by Crippen LogP contribution is 2.41. The second kappa shape index (κ2) is 7.41. The Bertz CT molecular complexity index is 1280. The zero-order chi connectivity index (χ0) is 22.6. The Morgan fingerprint density at radius 3 is 2.85 bits per heavy atom. The number of rotatable bonds is 4. The number of nitrogens with one attached hydrogen (secondary N) is 1. The van der Waals surface area contributed by atoms with E-state index in [1.54, 1.807) is 29.7 Å². The fourth-order valence-electron chi connectivity index (χ4n) is 4.98. The van der Waals surface area contributed by atoms with Gasteiger partial charge < -0.3 is 9.73 Å². The summed E-state index contributed by atoms with van der Waals surface area (Å²) < 4.78 is 5.57. The SMILES string of the molecule is O=C1N[C@]2(CCc3ccccc32)C(=O)N1CC(=O)N1N=C(c2cccs2)C[C@H]1c1ccco1. The minimum Gasteiger partial charge on any atom is -0.467 e. The number of hydrogen-bond donors (Lipinski definition) is 1. The van der Waals surface area contributed by atoms with E-state index in [-0.39, 0.29) is 12.5 Å². The van der Waals surface area contributed by atoms with Crippen molar-refractivity contribution < 1.29 is 18.8 Å². The minimum atomic E-state index is -1.09. The molecule has 1 N–H and O–H groups in total. The molecule has 0 radical (unpaired) electrons. The van der Waals surface area contributed by atoms with Gasteiger partial charge in [0.25, 0.3) is 11.8 Å². The van der Waals surface area contributed by atoms with Gasteiger partial charge in [-0.2, -0.15) is 5.10 Å². The zero-order valence-corrected chi connectivity index (χ0v) is 18.4. The van der Waals surface area contributed by atoms with Crippen LogP contribution in [0.5, 0.6) is 0 Å². The van der Waals surface area contributed by atoms with Gasteiger partial charge >= 0.3 is 6.03 Å². The lowest BCUT2D eigenvalue weighted by Crippen LogP contribution is -2.44. The number of carbonyl (C=O) groups is 3. The molecule has 0 saturated carbocycles. The molecule has 4 heterocycles. The number of fused-ring (bicyclic) bond motifs is 2. The van der Waals surface area contributed by atoms with Crippen LogP contribution in [0.25, 0.3) is 0 Å². The van der Waals surface area contributed by atoms with Crippen LogP contribution in [0.4, 0.5) is 4.79 Å². The van der Waals surface area contributed by atoms with Crippen LogP contribution in [-0.2, 0) is 21.5 Å². The topological polar surface area (TPSA) is 95.2 Å². The van der Waals surface area contributed by atoms with E-state index in [9.17, 15) is 14.4 Å². The van der Waals surface area contributed by atoms with Crippen molar-refractivity contribution in [1.29, 1.82) is 0 Å². The second-order valence-electron chi connectivity index (χ2n) is 8.38. The Kier molecular flexibility index (Phi) is 4.48. The van der Waals surface area contributed by atoms with Gasteiger partial charge in [0.2, 0.25) is 0 Å². The van der Waals surface area contributed by atoms with Gasteiger partial charge in [-0.3, -0.25) is 14.5 Å². The number of furan rings is 1. The number of benzene rings is 1. The average molecular weight is 461 g/mol. The summed E-state index contributed by atoms with van der Waals surface area (Å²) in [5.41, 5.74) is 1.54. The van der Waals surface area contributed by atoms with Gasteiger partial charge in [0.15, 0.2) is 0 Å². The molecule has 4 amide bonds. The van der Waals surface area contributed by atoms with Gasteiger partial charge in [-0.15, -0.1) is 11.3 Å². The number of aryl methyl sites for hydroxylation is 1. The molecule has 0 bridgehead atoms. The molecule has 2 aromatic heterocycles. The van der Waals surface area contributed by atoms with Crippen LogP contribution in [0.1, 0.15) is 40.6 Å². The molecule has 1 aromatic carbocycles. The van der Waals surface area contributed by atoms with Gasteiger partial charge in [-0.25, -0.2) is 9.80 Å². The van der Waals surface area contributed by atoms with Crippen LogP contribution < -0.4 is 5.32 Å². The molecule has 1 spiro atoms. The number of thiophene rings is 1. The molecule has 1 fully saturated rings. The van der Waals surface area contributed by atoms with Gasteiger partial charge in [-0.1, -0.05) is 30.3 Å². The summed E-state index contributed by atoms with van der Waals surface area (Å²) in [6, 6.07) is 14.1. The Balaban J connectivity index is 1.28. The summed E-state index contributed by atoms with van der Waals surface area (Å²) in [4.78, 5) is 41.6. The van der Waals surface area contributed by atoms with E-state index in [1.807, 2.05) is 41.8 Å². The molecule has 9 heteroatoms. The van der Waals surface area contributed by atoms with Crippen LogP contribution in [0.3, 0.4) is 0 Å². The van der Waals surface area contributed by atoms with E-state index in [4.69, 9.17) is 4.42 Å². The van der Waals surface area contributed by atoms with Crippen molar-refractivity contribution in [1.82, 2.24) is 15.2 Å². The second-order valence-corrected chi connectivity index (χ2v) is 9.33. The summed E-state index contributed by atoms with van der Waals surface area (Å²) in [5, 5.41) is 10.7. The van der Waals surface area contributed by atoms with Gasteiger partial charge in [0.1, 0.15) is 23.9 Å². The molecule has 8 nitrogen and oxygen atoms in total. The van der Waals surface area contributed by atoms with Crippen molar-refractivity contribution >= 4 is 34.9 Å². The molecular weight excluding hydrogens is 440 g/mol. The fourth-order valence-corrected chi connectivity index (χ4v) is 5.70. The number of nitrogens with zero attached hydrogens (tertiary/aromatic N) is 3. The Morgan fingerprint density at radius 1 is 1.18 bits per heavy atom. The molecule has 3 aromatic rings. The highest BCUT2D eigenvalue weighted by Gasteiger charge is 2.56. The third-order valence-electron chi connectivity index (χ3n) is 6.56. The van der Waals surface area contributed by atoms with Crippen molar-refractivity contribution in [3.8, 4) is 0 Å². The van der Waals surface area contributed by atoms with Crippen LogP contribution in [0.2, 0.25) is 0 Å². The van der Waals surface area contributed by atoms with E-state index in [2.05, 4.69) is 10.4 Å². The van der Waals surface area contributed by atoms with E-state index < -0.39 is 23.5 Å². The maximum absolute atomic E-state index is 13.4. The number of urea groups is 1. The predicted octanol–water partition coefficient (Wildman–Crippen LogP) is 3.41. The largest absolute Gasteiger partial charge is 0.467 e. The van der Waals surface area contributed by atoms with E-state index in [0.717, 1.165) is 26.6 Å². The van der Waals surface area contributed by atoms with Gasteiger partial charge in [-0.05, 0) is 47.5 Å². The lowest BCUT2D eigenvalue weighted by atomic mass is 9.92. The molecule has 33 heavy (non-hydrogen) atoms. The first-order valence-electron chi connectivity index (χ1n) is 10.8. The Hall–Kier alpha value is -3.72. The zero-order valence-electron chi connectivity index (χ0n) is 17.6. The fraction of sp³-hybridized carbons (Fsp3) is 0.250. The van der Waals surface area contributed by atoms with Crippen molar-refractivity contribution in [3.63, 3.8) is 0 Å². The van der Waals surface area contributed by atoms with Crippen molar-refractivity contribution in [2.24, 2.45) is 5.10 Å². The van der Waals surface area contributed by atoms with Crippen molar-refractivity contribution in [3.05, 3.63) is 81.9 Å². The third-order valence-corrected chi connectivity index (χ3v) is 7.48. The van der Waals surface area contributed by atoms with Crippen LogP contribution in [0, 0.1) is 0 Å². The predicted molar refractivity (Wildman–Crippen MR) is 120 cm³/mol. The van der Waals surface area contributed by atoms with Gasteiger partial charge in [0, 0.05) is 6.42 Å². The monoisotopic (exact) mass is 460 g/mol. The standard InChI is InChI=1S/C24H20N4O4S/c29-21(28-18(19-7-3-11-32-19)13-17(26-28)20-8-4-12-33-20)14-27-22(30)24(25-23(27)31)10-9-15-5-1-2-6-16(15)24/h1-8,11-12,18H,9-10,13-14H2,(H,25,31)/t18-,24-/m0/s1. The molecule has 166 valence electrons. The molecule has 3 aliphatic rings. The van der Waals surface area contributed by atoms with Crippen LogP contribution >= 0.6 is 11.3 Å². The average Bonchev–Trinajstić information content (AvgIpc) is 3.62. The highest BCUT2D eigenvalue weighted by atomic mass is 32.1. The lowest BCUT2D eigenvalue weighted by molar-refractivity contribution is -0.140. The maximum Gasteiger partial charge on any atom is 0.325 e. The van der Waals surface area contributed by atoms with Crippen molar-refractivity contribution in [2.75, 3.05) is 6.54 Å². The van der Waals surface area contributed by atoms with Crippen LogP contribution in [-0.4, -0.2) is 40.0 Å². The lowest BCUT2D eigenvalue weighted by Gasteiger charge is -2.24. The summed E-state index contributed by atoms with van der Waals surface area (Å²) in [7, 11) is 0. The number of hydrogen-bond acceptors (Lipinski definition) is 6. The first-order valence-corrected chi connectivity index (χ1v) is 11.6. The quantitative estimate of drug-likeness (QED) is 0.604. The van der Waals surface area contributed by atoms with E-state index in [0.29, 0.717) is 25.0 Å². The van der Waals surface area contributed by atoms with Crippen molar-refractivity contribution in [2.45, 2.75) is 30.8 Å². The number of hydrazone groups is 1.